The Morgan fingerprint density at radius 2 is 1.71 bits per heavy atom. The number of halogens is 5. The number of hydrogen-bond donors (Lipinski definition) is 1. The Bertz CT molecular complexity index is 381. The molecule has 0 aliphatic carbocycles. The number of alkyl halides is 3. The van der Waals surface area contributed by atoms with Crippen molar-refractivity contribution in [3.05, 3.63) is 29.3 Å². The van der Waals surface area contributed by atoms with Gasteiger partial charge in [0.15, 0.2) is 0 Å². The minimum Gasteiger partial charge on any atom is -0.497 e. The molecular formula is C10H10F5NO. The maximum absolute atomic E-state index is 13.4. The summed E-state index contributed by atoms with van der Waals surface area (Å²) in [6.45, 7) is -0.927. The molecule has 1 rings (SSSR count). The van der Waals surface area contributed by atoms with Crippen molar-refractivity contribution >= 4 is 0 Å². The summed E-state index contributed by atoms with van der Waals surface area (Å²) in [5, 5.41) is 0. The summed E-state index contributed by atoms with van der Waals surface area (Å²) in [5.74, 6) is -5.21. The Labute approximate surface area is 94.2 Å². The van der Waals surface area contributed by atoms with Gasteiger partial charge < -0.3 is 10.5 Å². The Morgan fingerprint density at radius 1 is 1.24 bits per heavy atom. The number of benzene rings is 1. The van der Waals surface area contributed by atoms with Crippen molar-refractivity contribution < 1.29 is 26.7 Å². The summed E-state index contributed by atoms with van der Waals surface area (Å²) >= 11 is 0. The van der Waals surface area contributed by atoms with E-state index in [-0.39, 0.29) is 5.75 Å². The number of ether oxygens (including phenoxy) is 1. The molecule has 0 aromatic heterocycles. The fourth-order valence-electron chi connectivity index (χ4n) is 1.43. The van der Waals surface area contributed by atoms with Gasteiger partial charge in [-0.15, -0.1) is 0 Å². The van der Waals surface area contributed by atoms with Crippen LogP contribution in [0, 0.1) is 11.6 Å². The van der Waals surface area contributed by atoms with Gasteiger partial charge in [-0.2, -0.15) is 13.2 Å². The lowest BCUT2D eigenvalue weighted by Gasteiger charge is -2.20. The highest BCUT2D eigenvalue weighted by molar-refractivity contribution is 5.33. The van der Waals surface area contributed by atoms with Crippen molar-refractivity contribution in [1.82, 2.24) is 0 Å². The third-order valence-corrected chi connectivity index (χ3v) is 2.27. The second-order valence-electron chi connectivity index (χ2n) is 3.33. The predicted molar refractivity (Wildman–Crippen MR) is 50.8 cm³/mol. The van der Waals surface area contributed by atoms with Crippen LogP contribution in [0.15, 0.2) is 12.1 Å². The van der Waals surface area contributed by atoms with Crippen LogP contribution < -0.4 is 10.5 Å². The van der Waals surface area contributed by atoms with Crippen LogP contribution in [0.3, 0.4) is 0 Å². The molecule has 0 saturated carbocycles. The first-order valence-corrected chi connectivity index (χ1v) is 4.61. The van der Waals surface area contributed by atoms with Gasteiger partial charge in [0, 0.05) is 24.2 Å². The minimum absolute atomic E-state index is 0.193. The average Bonchev–Trinajstić information content (AvgIpc) is 2.20. The van der Waals surface area contributed by atoms with Gasteiger partial charge in [0.25, 0.3) is 0 Å². The van der Waals surface area contributed by atoms with Crippen molar-refractivity contribution in [2.75, 3.05) is 13.7 Å². The van der Waals surface area contributed by atoms with Crippen LogP contribution in [0.1, 0.15) is 11.5 Å². The zero-order valence-electron chi connectivity index (χ0n) is 8.81. The van der Waals surface area contributed by atoms with E-state index in [0.29, 0.717) is 12.1 Å². The molecule has 0 aliphatic heterocycles. The summed E-state index contributed by atoms with van der Waals surface area (Å²) in [6.07, 6.45) is -4.80. The zero-order chi connectivity index (χ0) is 13.2. The van der Waals surface area contributed by atoms with Crippen molar-refractivity contribution in [3.8, 4) is 5.75 Å². The molecule has 7 heteroatoms. The first-order valence-electron chi connectivity index (χ1n) is 4.61. The van der Waals surface area contributed by atoms with E-state index >= 15 is 0 Å². The SMILES string of the molecule is COc1cc(F)c(C(CN)C(F)(F)F)c(F)c1. The molecule has 0 amide bonds. The smallest absolute Gasteiger partial charge is 0.397 e. The van der Waals surface area contributed by atoms with Crippen LogP contribution in [-0.2, 0) is 0 Å². The molecule has 0 spiro atoms. The average molecular weight is 255 g/mol. The third-order valence-electron chi connectivity index (χ3n) is 2.27. The van der Waals surface area contributed by atoms with E-state index in [1.165, 1.54) is 0 Å². The minimum atomic E-state index is -4.80. The van der Waals surface area contributed by atoms with Crippen LogP contribution in [0.4, 0.5) is 22.0 Å². The summed E-state index contributed by atoms with van der Waals surface area (Å²) in [4.78, 5) is 0. The Balaban J connectivity index is 3.30. The Hall–Kier alpha value is -1.37. The first-order chi connectivity index (χ1) is 7.81. The molecule has 0 radical (unpaired) electrons. The highest BCUT2D eigenvalue weighted by Gasteiger charge is 2.42. The molecule has 0 fully saturated rings. The molecule has 1 aromatic carbocycles. The van der Waals surface area contributed by atoms with Gasteiger partial charge in [0.2, 0.25) is 0 Å². The molecule has 1 aromatic rings. The van der Waals surface area contributed by atoms with Gasteiger partial charge in [0.05, 0.1) is 13.0 Å². The Morgan fingerprint density at radius 3 is 2.00 bits per heavy atom. The lowest BCUT2D eigenvalue weighted by molar-refractivity contribution is -0.149. The quantitative estimate of drug-likeness (QED) is 0.842. The van der Waals surface area contributed by atoms with Gasteiger partial charge in [-0.3, -0.25) is 0 Å². The van der Waals surface area contributed by atoms with Gasteiger partial charge in [-0.1, -0.05) is 0 Å². The predicted octanol–water partition coefficient (Wildman–Crippen LogP) is 2.58. The lowest BCUT2D eigenvalue weighted by Crippen LogP contribution is -2.29. The van der Waals surface area contributed by atoms with E-state index in [1.54, 1.807) is 0 Å². The highest BCUT2D eigenvalue weighted by atomic mass is 19.4. The fraction of sp³-hybridized carbons (Fsp3) is 0.400. The lowest BCUT2D eigenvalue weighted by atomic mass is 9.97. The van der Waals surface area contributed by atoms with Crippen LogP contribution in [0.25, 0.3) is 0 Å². The van der Waals surface area contributed by atoms with Crippen molar-refractivity contribution in [2.45, 2.75) is 12.1 Å². The maximum Gasteiger partial charge on any atom is 0.397 e. The van der Waals surface area contributed by atoms with Crippen LogP contribution in [0.2, 0.25) is 0 Å². The summed E-state index contributed by atoms with van der Waals surface area (Å²) in [5.41, 5.74) is 3.83. The summed E-state index contributed by atoms with van der Waals surface area (Å²) in [7, 11) is 1.15. The number of rotatable bonds is 3. The molecule has 2 nitrogen and oxygen atoms in total. The number of nitrogens with two attached hydrogens (primary N) is 1. The molecule has 1 atom stereocenters. The topological polar surface area (TPSA) is 35.2 Å². The van der Waals surface area contributed by atoms with Crippen LogP contribution >= 0.6 is 0 Å². The van der Waals surface area contributed by atoms with E-state index < -0.39 is 35.8 Å². The first kappa shape index (κ1) is 13.7. The van der Waals surface area contributed by atoms with E-state index in [1.807, 2.05) is 0 Å². The monoisotopic (exact) mass is 255 g/mol. The number of methoxy groups -OCH3 is 1. The molecule has 0 saturated heterocycles. The fourth-order valence-corrected chi connectivity index (χ4v) is 1.43. The van der Waals surface area contributed by atoms with E-state index in [4.69, 9.17) is 5.73 Å². The number of hydrogen-bond acceptors (Lipinski definition) is 2. The van der Waals surface area contributed by atoms with E-state index in [0.717, 1.165) is 7.11 Å². The third kappa shape index (κ3) is 2.85. The maximum atomic E-state index is 13.4. The highest BCUT2D eigenvalue weighted by Crippen LogP contribution is 2.37. The largest absolute Gasteiger partial charge is 0.497 e. The molecule has 1 unspecified atom stereocenters. The van der Waals surface area contributed by atoms with E-state index in [9.17, 15) is 22.0 Å². The second-order valence-corrected chi connectivity index (χ2v) is 3.33. The molecule has 0 bridgehead atoms. The molecule has 17 heavy (non-hydrogen) atoms. The zero-order valence-corrected chi connectivity index (χ0v) is 8.81. The summed E-state index contributed by atoms with van der Waals surface area (Å²) in [6, 6.07) is 1.37. The van der Waals surface area contributed by atoms with Crippen molar-refractivity contribution in [3.63, 3.8) is 0 Å². The molecule has 0 heterocycles. The Kier molecular flexibility index (Phi) is 3.92. The van der Waals surface area contributed by atoms with Crippen molar-refractivity contribution in [1.29, 1.82) is 0 Å². The summed E-state index contributed by atoms with van der Waals surface area (Å²) < 4.78 is 68.8. The standard InChI is InChI=1S/C10H10F5NO/c1-17-5-2-7(11)9(8(12)3-5)6(4-16)10(13,14)15/h2-3,6H,4,16H2,1H3. The van der Waals surface area contributed by atoms with Gasteiger partial charge in [-0.25, -0.2) is 8.78 Å². The molecule has 96 valence electrons. The second kappa shape index (κ2) is 4.87. The van der Waals surface area contributed by atoms with Crippen LogP contribution in [0.5, 0.6) is 5.75 Å². The van der Waals surface area contributed by atoms with Gasteiger partial charge in [0.1, 0.15) is 17.4 Å². The van der Waals surface area contributed by atoms with Crippen molar-refractivity contribution in [2.24, 2.45) is 5.73 Å². The molecule has 0 aliphatic rings. The van der Waals surface area contributed by atoms with Gasteiger partial charge in [-0.05, 0) is 0 Å². The van der Waals surface area contributed by atoms with Crippen LogP contribution in [-0.4, -0.2) is 19.8 Å². The molecular weight excluding hydrogens is 245 g/mol. The molecule has 2 N–H and O–H groups in total. The van der Waals surface area contributed by atoms with Gasteiger partial charge >= 0.3 is 6.18 Å². The normalized spacial score (nSPS) is 13.6. The van der Waals surface area contributed by atoms with E-state index in [2.05, 4.69) is 4.74 Å².